The predicted molar refractivity (Wildman–Crippen MR) is 29.2 cm³/mol. The zero-order valence-corrected chi connectivity index (χ0v) is 9.28. The molecule has 0 amide bonds. The molecule has 0 aliphatic carbocycles. The van der Waals surface area contributed by atoms with Gasteiger partial charge in [-0.25, -0.2) is 0 Å². The van der Waals surface area contributed by atoms with Crippen LogP contribution in [0.1, 0.15) is 25.7 Å². The first-order valence-electron chi connectivity index (χ1n) is 3.12. The minimum absolute atomic E-state index is 0.121. The van der Waals surface area contributed by atoms with Crippen molar-refractivity contribution < 1.29 is 33.8 Å². The van der Waals surface area contributed by atoms with E-state index in [2.05, 4.69) is 0 Å². The molecular weight excluding hydrogens is 329 g/mol. The van der Waals surface area contributed by atoms with E-state index in [0.29, 0.717) is 0 Å². The zero-order chi connectivity index (χ0) is 6.24. The van der Waals surface area contributed by atoms with Gasteiger partial charge in [-0.3, -0.25) is 0 Å². The van der Waals surface area contributed by atoms with Crippen LogP contribution in [0.15, 0.2) is 0 Å². The first-order chi connectivity index (χ1) is 3.91. The van der Waals surface area contributed by atoms with Crippen molar-refractivity contribution in [3.05, 3.63) is 0 Å². The third-order valence-corrected chi connectivity index (χ3v) is 2.53. The molecule has 0 nitrogen and oxygen atoms in total. The van der Waals surface area contributed by atoms with Gasteiger partial charge >= 0.3 is 69.6 Å². The molecule has 0 heterocycles. The number of halogens is 1. The van der Waals surface area contributed by atoms with E-state index in [0.717, 1.165) is 42.3 Å². The van der Waals surface area contributed by atoms with Crippen molar-refractivity contribution in [2.45, 2.75) is 29.1 Å². The van der Waals surface area contributed by atoms with Gasteiger partial charge in [0, 0.05) is 0 Å². The molecule has 8 heavy (non-hydrogen) atoms. The van der Waals surface area contributed by atoms with E-state index in [1.807, 2.05) is 0 Å². The van der Waals surface area contributed by atoms with Gasteiger partial charge in [0.1, 0.15) is 0 Å². The molecule has 2 heteroatoms. The van der Waals surface area contributed by atoms with E-state index < -0.39 is 0 Å². The second-order valence-corrected chi connectivity index (χ2v) is 3.94. The summed E-state index contributed by atoms with van der Waals surface area (Å²) in [7, 11) is 0. The van der Waals surface area contributed by atoms with Crippen LogP contribution in [0.2, 0.25) is 3.45 Å². The summed E-state index contributed by atoms with van der Waals surface area (Å²) >= 11 is 1.13. The van der Waals surface area contributed by atoms with Crippen LogP contribution >= 0.6 is 0 Å². The maximum atomic E-state index is 11.4. The molecule has 0 atom stereocenters. The Labute approximate surface area is 69.4 Å². The van der Waals surface area contributed by atoms with Crippen LogP contribution in [-0.2, 0) is 0 Å². The Hall–Kier alpha value is 0.982. The fourth-order valence-electron chi connectivity index (χ4n) is 0.573. The van der Waals surface area contributed by atoms with Gasteiger partial charge in [-0.1, -0.05) is 0 Å². The zero-order valence-electron chi connectivity index (χ0n) is 5.12. The van der Waals surface area contributed by atoms with Gasteiger partial charge < -0.3 is 0 Å². The molecule has 0 aliphatic heterocycles. The Balaban J connectivity index is 2.53. The van der Waals surface area contributed by atoms with Crippen LogP contribution in [0.5, 0.6) is 0 Å². The molecule has 0 saturated carbocycles. The molecular formula is C6H12FU. The summed E-state index contributed by atoms with van der Waals surface area (Å²) in [5.41, 5.74) is 0. The average molecular weight is 341 g/mol. The number of unbranched alkanes of at least 4 members (excludes halogenated alkanes) is 3. The van der Waals surface area contributed by atoms with Crippen molar-refractivity contribution in [3.63, 3.8) is 0 Å². The molecule has 0 aromatic carbocycles. The van der Waals surface area contributed by atoms with Gasteiger partial charge in [-0.2, -0.15) is 0 Å². The summed E-state index contributed by atoms with van der Waals surface area (Å²) in [6.45, 7) is -0.121. The molecule has 47 valence electrons. The van der Waals surface area contributed by atoms with E-state index in [4.69, 9.17) is 0 Å². The Morgan fingerprint density at radius 1 is 1.00 bits per heavy atom. The summed E-state index contributed by atoms with van der Waals surface area (Å²) in [5, 5.41) is 0. The Bertz CT molecular complexity index is 33.5. The molecule has 0 aliphatic rings. The third-order valence-electron chi connectivity index (χ3n) is 1.06. The van der Waals surface area contributed by atoms with Crippen LogP contribution < -0.4 is 0 Å². The topological polar surface area (TPSA) is 0 Å². The second kappa shape index (κ2) is 7.98. The van der Waals surface area contributed by atoms with Crippen LogP contribution in [0.25, 0.3) is 0 Å². The van der Waals surface area contributed by atoms with Crippen molar-refractivity contribution in [1.29, 1.82) is 0 Å². The standard InChI is InChI=1S/C6H12F.U/c1-2-3-4-5-6-7;/h1-6H2;. The normalized spacial score (nSPS) is 9.88. The summed E-state index contributed by atoms with van der Waals surface area (Å²) in [6.07, 6.45) is 4.47. The van der Waals surface area contributed by atoms with Crippen LogP contribution in [-0.4, -0.2) is 6.67 Å². The van der Waals surface area contributed by atoms with Gasteiger partial charge in [0.2, 0.25) is 0 Å². The van der Waals surface area contributed by atoms with Crippen molar-refractivity contribution in [1.82, 2.24) is 0 Å². The first kappa shape index (κ1) is 8.98. The van der Waals surface area contributed by atoms with Crippen molar-refractivity contribution >= 4 is 0 Å². The van der Waals surface area contributed by atoms with E-state index in [-0.39, 0.29) is 6.67 Å². The molecule has 0 rings (SSSR count). The van der Waals surface area contributed by atoms with E-state index in [9.17, 15) is 4.39 Å². The summed E-state index contributed by atoms with van der Waals surface area (Å²) in [6, 6.07) is 0. The molecule has 0 fully saturated rings. The fourth-order valence-corrected chi connectivity index (χ4v) is 1.61. The van der Waals surface area contributed by atoms with Crippen LogP contribution in [0.4, 0.5) is 4.39 Å². The summed E-state index contributed by atoms with van der Waals surface area (Å²) in [5.74, 6) is 0. The Morgan fingerprint density at radius 3 is 2.12 bits per heavy atom. The molecule has 0 aromatic rings. The van der Waals surface area contributed by atoms with E-state index in [1.54, 1.807) is 0 Å². The number of alkyl halides is 1. The van der Waals surface area contributed by atoms with Crippen molar-refractivity contribution in [2.75, 3.05) is 6.67 Å². The van der Waals surface area contributed by atoms with Gasteiger partial charge in [-0.05, 0) is 0 Å². The quantitative estimate of drug-likeness (QED) is 0.674. The Kier molecular flexibility index (Phi) is 8.96. The number of hydrogen-bond acceptors (Lipinski definition) is 0. The average Bonchev–Trinajstić information content (AvgIpc) is 1.81. The molecule has 0 N–H and O–H groups in total. The van der Waals surface area contributed by atoms with Crippen LogP contribution in [0, 0.1) is 29.4 Å². The SMILES string of the molecule is FCCCCC[CH2][U]. The predicted octanol–water partition coefficient (Wildman–Crippen LogP) is 2.48. The van der Waals surface area contributed by atoms with Gasteiger partial charge in [-0.15, -0.1) is 0 Å². The summed E-state index contributed by atoms with van der Waals surface area (Å²) < 4.78 is 12.8. The molecule has 0 aromatic heterocycles. The second-order valence-electron chi connectivity index (χ2n) is 1.85. The summed E-state index contributed by atoms with van der Waals surface area (Å²) in [4.78, 5) is 0. The maximum absolute atomic E-state index is 11.4. The van der Waals surface area contributed by atoms with Crippen molar-refractivity contribution in [3.8, 4) is 0 Å². The molecule has 0 bridgehead atoms. The van der Waals surface area contributed by atoms with Crippen LogP contribution in [0.3, 0.4) is 0 Å². The van der Waals surface area contributed by atoms with E-state index in [1.165, 1.54) is 16.3 Å². The van der Waals surface area contributed by atoms with E-state index >= 15 is 0 Å². The Morgan fingerprint density at radius 2 is 1.62 bits per heavy atom. The molecule has 0 unspecified atom stereocenters. The fraction of sp³-hybridized carbons (Fsp3) is 1.00. The first-order valence-corrected chi connectivity index (χ1v) is 6.06. The van der Waals surface area contributed by atoms with Gasteiger partial charge in [0.05, 0.1) is 0 Å². The number of hydrogen-bond donors (Lipinski definition) is 0. The van der Waals surface area contributed by atoms with Gasteiger partial charge in [0.25, 0.3) is 0 Å². The van der Waals surface area contributed by atoms with Gasteiger partial charge in [0.15, 0.2) is 0 Å². The molecule has 0 saturated heterocycles. The molecule has 0 spiro atoms. The third kappa shape index (κ3) is 6.98. The monoisotopic (exact) mass is 341 g/mol. The minimum atomic E-state index is -0.121. The van der Waals surface area contributed by atoms with Crippen molar-refractivity contribution in [2.24, 2.45) is 0 Å². The molecule has 0 radical (unpaired) electrons. The number of rotatable bonds is 5.